The van der Waals surface area contributed by atoms with Gasteiger partial charge in [0.25, 0.3) is 3.12 Å². The molecule has 1 amide bonds. The standard InChI is InChI=1S/C10H6Cl3F3N2OS/c11-10(12,13)20-18(6-19)17-5-7-1-3-8(4-2-7)9(14,15)16/h1-6H. The molecule has 1 rings (SSSR count). The van der Waals surface area contributed by atoms with Gasteiger partial charge in [-0.1, -0.05) is 46.9 Å². The summed E-state index contributed by atoms with van der Waals surface area (Å²) >= 11 is 16.9. The Bertz CT molecular complexity index is 488. The van der Waals surface area contributed by atoms with E-state index < -0.39 is 14.9 Å². The number of hydrogen-bond donors (Lipinski definition) is 0. The number of amides is 1. The molecule has 0 N–H and O–H groups in total. The third kappa shape index (κ3) is 6.21. The summed E-state index contributed by atoms with van der Waals surface area (Å²) in [5.74, 6) is 0. The van der Waals surface area contributed by atoms with Gasteiger partial charge in [-0.05, 0) is 17.7 Å². The van der Waals surface area contributed by atoms with Gasteiger partial charge < -0.3 is 0 Å². The summed E-state index contributed by atoms with van der Waals surface area (Å²) in [5, 5.41) is 3.66. The lowest BCUT2D eigenvalue weighted by atomic mass is 10.1. The molecule has 110 valence electrons. The van der Waals surface area contributed by atoms with Crippen molar-refractivity contribution in [2.75, 3.05) is 0 Å². The van der Waals surface area contributed by atoms with E-state index in [-0.39, 0.29) is 0 Å². The predicted octanol–water partition coefficient (Wildman–Crippen LogP) is 4.47. The Hall–Kier alpha value is -0.630. The molecule has 0 aromatic heterocycles. The first-order valence-electron chi connectivity index (χ1n) is 4.83. The first-order chi connectivity index (χ1) is 9.12. The molecule has 0 bridgehead atoms. The molecule has 0 atom stereocenters. The highest BCUT2D eigenvalue weighted by Crippen LogP contribution is 2.40. The molecule has 0 saturated carbocycles. The van der Waals surface area contributed by atoms with E-state index >= 15 is 0 Å². The van der Waals surface area contributed by atoms with Gasteiger partial charge in [0.1, 0.15) is 0 Å². The fourth-order valence-corrected chi connectivity index (χ4v) is 2.05. The normalized spacial score (nSPS) is 12.7. The average molecular weight is 366 g/mol. The molecule has 0 radical (unpaired) electrons. The number of halogens is 6. The Balaban J connectivity index is 2.77. The molecule has 10 heteroatoms. The van der Waals surface area contributed by atoms with E-state index in [1.54, 1.807) is 0 Å². The zero-order chi connectivity index (χ0) is 15.4. The monoisotopic (exact) mass is 364 g/mol. The van der Waals surface area contributed by atoms with E-state index in [1.807, 2.05) is 0 Å². The number of carbonyl (C=O) groups excluding carboxylic acids is 1. The quantitative estimate of drug-likeness (QED) is 0.259. The summed E-state index contributed by atoms with van der Waals surface area (Å²) in [6.07, 6.45) is -2.94. The minimum atomic E-state index is -4.41. The smallest absolute Gasteiger partial charge is 0.276 e. The molecular weight excluding hydrogens is 360 g/mol. The second-order valence-corrected chi connectivity index (χ2v) is 7.43. The third-order valence-corrected chi connectivity index (χ3v) is 3.04. The van der Waals surface area contributed by atoms with Gasteiger partial charge in [0, 0.05) is 11.9 Å². The van der Waals surface area contributed by atoms with Crippen molar-refractivity contribution in [1.82, 2.24) is 4.41 Å². The van der Waals surface area contributed by atoms with Gasteiger partial charge in [0.2, 0.25) is 6.41 Å². The Morgan fingerprint density at radius 2 is 1.70 bits per heavy atom. The number of alkyl halides is 6. The molecule has 0 unspecified atom stereocenters. The van der Waals surface area contributed by atoms with Crippen molar-refractivity contribution in [1.29, 1.82) is 0 Å². The van der Waals surface area contributed by atoms with E-state index in [0.29, 0.717) is 23.9 Å². The van der Waals surface area contributed by atoms with Crippen LogP contribution in [0.25, 0.3) is 0 Å². The zero-order valence-corrected chi connectivity index (χ0v) is 12.5. The van der Waals surface area contributed by atoms with Crippen LogP contribution in [-0.4, -0.2) is 20.2 Å². The molecule has 0 aliphatic heterocycles. The number of benzene rings is 1. The van der Waals surface area contributed by atoms with E-state index in [4.69, 9.17) is 34.8 Å². The Morgan fingerprint density at radius 1 is 1.15 bits per heavy atom. The molecule has 20 heavy (non-hydrogen) atoms. The number of rotatable bonds is 4. The highest BCUT2D eigenvalue weighted by Gasteiger charge is 2.29. The SMILES string of the molecule is O=CN(N=Cc1ccc(C(F)(F)F)cc1)SC(Cl)(Cl)Cl. The minimum absolute atomic E-state index is 0.299. The topological polar surface area (TPSA) is 32.7 Å². The fraction of sp³-hybridized carbons (Fsp3) is 0.200. The Kier molecular flexibility index (Phi) is 6.00. The minimum Gasteiger partial charge on any atom is -0.276 e. The summed E-state index contributed by atoms with van der Waals surface area (Å²) in [7, 11) is 0. The molecule has 0 saturated heterocycles. The molecule has 0 aliphatic rings. The van der Waals surface area contributed by atoms with Gasteiger partial charge in [-0.3, -0.25) is 4.79 Å². The van der Waals surface area contributed by atoms with Crippen LogP contribution in [0.2, 0.25) is 0 Å². The maximum absolute atomic E-state index is 12.3. The number of hydrogen-bond acceptors (Lipinski definition) is 3. The predicted molar refractivity (Wildman–Crippen MR) is 74.8 cm³/mol. The molecule has 0 heterocycles. The van der Waals surface area contributed by atoms with Crippen molar-refractivity contribution in [3.8, 4) is 0 Å². The summed E-state index contributed by atoms with van der Waals surface area (Å²) in [5.41, 5.74) is -0.424. The zero-order valence-electron chi connectivity index (χ0n) is 9.44. The molecule has 0 aliphatic carbocycles. The van der Waals surface area contributed by atoms with Crippen LogP contribution in [-0.2, 0) is 11.0 Å². The maximum atomic E-state index is 12.3. The van der Waals surface area contributed by atoms with Crippen LogP contribution in [0.5, 0.6) is 0 Å². The fourth-order valence-electron chi connectivity index (χ4n) is 1.06. The van der Waals surface area contributed by atoms with Crippen molar-refractivity contribution in [3.05, 3.63) is 35.4 Å². The molecule has 0 spiro atoms. The van der Waals surface area contributed by atoms with E-state index in [1.165, 1.54) is 12.1 Å². The number of hydrazone groups is 1. The first-order valence-corrected chi connectivity index (χ1v) is 6.74. The van der Waals surface area contributed by atoms with E-state index in [9.17, 15) is 18.0 Å². The van der Waals surface area contributed by atoms with Gasteiger partial charge in [-0.15, -0.1) is 0 Å². The van der Waals surface area contributed by atoms with Crippen LogP contribution in [0.1, 0.15) is 11.1 Å². The molecule has 3 nitrogen and oxygen atoms in total. The van der Waals surface area contributed by atoms with Crippen LogP contribution in [0.15, 0.2) is 29.4 Å². The van der Waals surface area contributed by atoms with Crippen molar-refractivity contribution < 1.29 is 18.0 Å². The molecule has 0 fully saturated rings. The van der Waals surface area contributed by atoms with Crippen LogP contribution < -0.4 is 0 Å². The lowest BCUT2D eigenvalue weighted by Crippen LogP contribution is -2.12. The van der Waals surface area contributed by atoms with Crippen molar-refractivity contribution in [2.45, 2.75) is 9.30 Å². The van der Waals surface area contributed by atoms with E-state index in [2.05, 4.69) is 5.10 Å². The van der Waals surface area contributed by atoms with Gasteiger partial charge in [-0.2, -0.15) is 22.7 Å². The molecule has 1 aromatic carbocycles. The molecular formula is C10H6Cl3F3N2OS. The van der Waals surface area contributed by atoms with Crippen molar-refractivity contribution in [3.63, 3.8) is 0 Å². The van der Waals surface area contributed by atoms with E-state index in [0.717, 1.165) is 22.8 Å². The van der Waals surface area contributed by atoms with Crippen molar-refractivity contribution in [2.24, 2.45) is 5.10 Å². The Morgan fingerprint density at radius 3 is 2.10 bits per heavy atom. The second kappa shape index (κ2) is 6.89. The highest BCUT2D eigenvalue weighted by molar-refractivity contribution is 8.02. The van der Waals surface area contributed by atoms with Crippen molar-refractivity contribution >= 4 is 59.4 Å². The molecule has 1 aromatic rings. The lowest BCUT2D eigenvalue weighted by molar-refractivity contribution is -0.137. The average Bonchev–Trinajstić information content (AvgIpc) is 2.32. The van der Waals surface area contributed by atoms with Gasteiger partial charge in [0.15, 0.2) is 0 Å². The van der Waals surface area contributed by atoms with Crippen LogP contribution in [0, 0.1) is 0 Å². The number of nitrogens with zero attached hydrogens (tertiary/aromatic N) is 2. The van der Waals surface area contributed by atoms with Crippen LogP contribution >= 0.6 is 46.8 Å². The third-order valence-electron chi connectivity index (χ3n) is 1.85. The first kappa shape index (κ1) is 17.4. The van der Waals surface area contributed by atoms with Gasteiger partial charge in [0.05, 0.1) is 11.8 Å². The Labute approximate surface area is 131 Å². The summed E-state index contributed by atoms with van der Waals surface area (Å²) in [6.45, 7) is 0. The highest BCUT2D eigenvalue weighted by atomic mass is 35.6. The second-order valence-electron chi connectivity index (χ2n) is 3.31. The maximum Gasteiger partial charge on any atom is 0.416 e. The lowest BCUT2D eigenvalue weighted by Gasteiger charge is -2.14. The summed E-state index contributed by atoms with van der Waals surface area (Å²) < 4.78 is 36.0. The van der Waals surface area contributed by atoms with Crippen LogP contribution in [0.4, 0.5) is 13.2 Å². The van der Waals surface area contributed by atoms with Gasteiger partial charge in [-0.25, -0.2) is 0 Å². The summed E-state index contributed by atoms with van der Waals surface area (Å²) in [4.78, 5) is 10.7. The van der Waals surface area contributed by atoms with Crippen LogP contribution in [0.3, 0.4) is 0 Å². The summed E-state index contributed by atoms with van der Waals surface area (Å²) in [6, 6.07) is 4.20. The van der Waals surface area contributed by atoms with Gasteiger partial charge >= 0.3 is 6.18 Å². The largest absolute Gasteiger partial charge is 0.416 e. The number of carbonyl (C=O) groups is 1.